The minimum atomic E-state index is 0.991. The van der Waals surface area contributed by atoms with Gasteiger partial charge in [0.05, 0.1) is 0 Å². The van der Waals surface area contributed by atoms with E-state index in [1.165, 1.54) is 103 Å². The van der Waals surface area contributed by atoms with Crippen LogP contribution in [-0.2, 0) is 4.74 Å². The number of unbranched alkanes of at least 4 members (excludes halogenated alkanes) is 14. The molecule has 0 aromatic carbocycles. The zero-order chi connectivity index (χ0) is 15.4. The van der Waals surface area contributed by atoms with Gasteiger partial charge in [0.1, 0.15) is 0 Å². The zero-order valence-electron chi connectivity index (χ0n) is 15.1. The molecule has 0 aliphatic carbocycles. The van der Waals surface area contributed by atoms with Crippen LogP contribution in [0.25, 0.3) is 0 Å². The highest BCUT2D eigenvalue weighted by Crippen LogP contribution is 2.10. The zero-order valence-corrected chi connectivity index (χ0v) is 15.1. The van der Waals surface area contributed by atoms with E-state index in [0.717, 1.165) is 13.2 Å². The van der Waals surface area contributed by atoms with Crippen molar-refractivity contribution in [3.8, 4) is 0 Å². The van der Waals surface area contributed by atoms with Crippen molar-refractivity contribution in [1.29, 1.82) is 0 Å². The minimum absolute atomic E-state index is 0.991. The molecule has 0 bridgehead atoms. The molecule has 128 valence electrons. The lowest BCUT2D eigenvalue weighted by atomic mass is 10.1. The second-order valence-corrected chi connectivity index (χ2v) is 6.56. The second-order valence-electron chi connectivity index (χ2n) is 6.56. The number of ether oxygens (including phenoxy) is 1. The molecule has 0 amide bonds. The summed E-state index contributed by atoms with van der Waals surface area (Å²) >= 11 is 0. The monoisotopic (exact) mass is 298 g/mol. The summed E-state index contributed by atoms with van der Waals surface area (Å²) in [5, 5.41) is 0. The van der Waals surface area contributed by atoms with Crippen molar-refractivity contribution in [2.45, 2.75) is 117 Å². The Kier molecular flexibility index (Phi) is 19.9. The fourth-order valence-electron chi connectivity index (χ4n) is 2.78. The molecule has 0 saturated heterocycles. The van der Waals surface area contributed by atoms with E-state index >= 15 is 0 Å². The Morgan fingerprint density at radius 1 is 0.381 bits per heavy atom. The Balaban J connectivity index is 2.90. The van der Waals surface area contributed by atoms with Gasteiger partial charge in [0.15, 0.2) is 0 Å². The van der Waals surface area contributed by atoms with Crippen molar-refractivity contribution in [3.05, 3.63) is 0 Å². The molecule has 0 N–H and O–H groups in total. The maximum atomic E-state index is 5.72. The molecule has 0 aromatic rings. The third kappa shape index (κ3) is 20.0. The van der Waals surface area contributed by atoms with Crippen molar-refractivity contribution in [1.82, 2.24) is 0 Å². The second kappa shape index (κ2) is 20.0. The van der Waals surface area contributed by atoms with Gasteiger partial charge >= 0.3 is 0 Å². The Morgan fingerprint density at radius 3 is 1.00 bits per heavy atom. The van der Waals surface area contributed by atoms with Crippen LogP contribution in [0.1, 0.15) is 117 Å². The molecule has 0 spiro atoms. The molecule has 0 saturated carbocycles. The van der Waals surface area contributed by atoms with E-state index in [1.54, 1.807) is 0 Å². The molecule has 0 radical (unpaired) electrons. The minimum Gasteiger partial charge on any atom is -0.381 e. The van der Waals surface area contributed by atoms with Gasteiger partial charge in [-0.15, -0.1) is 0 Å². The largest absolute Gasteiger partial charge is 0.381 e. The Bertz CT molecular complexity index is 149. The smallest absolute Gasteiger partial charge is 0.0466 e. The highest BCUT2D eigenvalue weighted by atomic mass is 16.5. The third-order valence-electron chi connectivity index (χ3n) is 4.28. The van der Waals surface area contributed by atoms with E-state index in [0.29, 0.717) is 0 Å². The summed E-state index contributed by atoms with van der Waals surface area (Å²) in [6, 6.07) is 0. The molecule has 0 unspecified atom stereocenters. The van der Waals surface area contributed by atoms with E-state index < -0.39 is 0 Å². The summed E-state index contributed by atoms with van der Waals surface area (Å²) in [6.45, 7) is 6.54. The van der Waals surface area contributed by atoms with Crippen molar-refractivity contribution in [2.24, 2.45) is 0 Å². The number of hydrogen-bond donors (Lipinski definition) is 0. The van der Waals surface area contributed by atoms with Crippen molar-refractivity contribution >= 4 is 0 Å². The van der Waals surface area contributed by atoms with E-state index in [2.05, 4.69) is 13.8 Å². The maximum Gasteiger partial charge on any atom is 0.0466 e. The number of rotatable bonds is 18. The molecule has 0 rings (SSSR count). The van der Waals surface area contributed by atoms with Gasteiger partial charge in [-0.05, 0) is 12.8 Å². The van der Waals surface area contributed by atoms with Crippen LogP contribution in [0.15, 0.2) is 0 Å². The van der Waals surface area contributed by atoms with E-state index in [4.69, 9.17) is 4.74 Å². The molecule has 0 atom stereocenters. The topological polar surface area (TPSA) is 9.23 Å². The third-order valence-corrected chi connectivity index (χ3v) is 4.28. The molecule has 0 fully saturated rings. The molecule has 0 aromatic heterocycles. The van der Waals surface area contributed by atoms with Crippen LogP contribution in [0.5, 0.6) is 0 Å². The van der Waals surface area contributed by atoms with Gasteiger partial charge in [0.2, 0.25) is 0 Å². The fourth-order valence-corrected chi connectivity index (χ4v) is 2.78. The van der Waals surface area contributed by atoms with Crippen LogP contribution < -0.4 is 0 Å². The van der Waals surface area contributed by atoms with Crippen molar-refractivity contribution in [2.75, 3.05) is 13.2 Å². The predicted octanol–water partition coefficient (Wildman–Crippen LogP) is 7.28. The normalized spacial score (nSPS) is 11.1. The van der Waals surface area contributed by atoms with Gasteiger partial charge in [0, 0.05) is 13.2 Å². The summed E-state index contributed by atoms with van der Waals surface area (Å²) in [6.07, 6.45) is 22.2. The first-order valence-corrected chi connectivity index (χ1v) is 9.99. The van der Waals surface area contributed by atoms with Gasteiger partial charge in [-0.2, -0.15) is 0 Å². The van der Waals surface area contributed by atoms with E-state index in [1.807, 2.05) is 0 Å². The molecule has 1 heteroatoms. The SMILES string of the molecule is CCCCCCCCCCCOCCCCCCCCC. The lowest BCUT2D eigenvalue weighted by Gasteiger charge is -2.05. The van der Waals surface area contributed by atoms with Crippen molar-refractivity contribution < 1.29 is 4.74 Å². The van der Waals surface area contributed by atoms with Gasteiger partial charge in [-0.3, -0.25) is 0 Å². The van der Waals surface area contributed by atoms with E-state index in [9.17, 15) is 0 Å². The van der Waals surface area contributed by atoms with Crippen LogP contribution in [0.3, 0.4) is 0 Å². The maximum absolute atomic E-state index is 5.72. The lowest BCUT2D eigenvalue weighted by Crippen LogP contribution is -1.97. The van der Waals surface area contributed by atoms with Gasteiger partial charge < -0.3 is 4.74 Å². The summed E-state index contributed by atoms with van der Waals surface area (Å²) in [4.78, 5) is 0. The van der Waals surface area contributed by atoms with Crippen LogP contribution in [0.2, 0.25) is 0 Å². The molecular weight excluding hydrogens is 256 g/mol. The van der Waals surface area contributed by atoms with Crippen LogP contribution in [-0.4, -0.2) is 13.2 Å². The molecule has 0 aliphatic heterocycles. The Hall–Kier alpha value is -0.0400. The Labute approximate surface area is 135 Å². The molecule has 0 aliphatic rings. The van der Waals surface area contributed by atoms with E-state index in [-0.39, 0.29) is 0 Å². The average molecular weight is 299 g/mol. The number of hydrogen-bond acceptors (Lipinski definition) is 1. The van der Waals surface area contributed by atoms with Gasteiger partial charge in [-0.25, -0.2) is 0 Å². The first-order chi connectivity index (χ1) is 10.4. The standard InChI is InChI=1S/C20H42O/c1-3-5-7-9-11-12-14-16-18-20-21-19-17-15-13-10-8-6-4-2/h3-20H2,1-2H3. The summed E-state index contributed by atoms with van der Waals surface area (Å²) in [5.74, 6) is 0. The molecule has 0 heterocycles. The predicted molar refractivity (Wildman–Crippen MR) is 96.0 cm³/mol. The van der Waals surface area contributed by atoms with Gasteiger partial charge in [-0.1, -0.05) is 104 Å². The molecule has 21 heavy (non-hydrogen) atoms. The molecular formula is C20H42O. The molecule has 1 nitrogen and oxygen atoms in total. The summed E-state index contributed by atoms with van der Waals surface area (Å²) < 4.78 is 5.72. The highest BCUT2D eigenvalue weighted by Gasteiger charge is 1.94. The first kappa shape index (κ1) is 21.0. The average Bonchev–Trinajstić information content (AvgIpc) is 2.50. The van der Waals surface area contributed by atoms with Crippen molar-refractivity contribution in [3.63, 3.8) is 0 Å². The van der Waals surface area contributed by atoms with Crippen LogP contribution in [0.4, 0.5) is 0 Å². The fraction of sp³-hybridized carbons (Fsp3) is 1.00. The first-order valence-electron chi connectivity index (χ1n) is 9.99. The van der Waals surface area contributed by atoms with Crippen LogP contribution >= 0.6 is 0 Å². The van der Waals surface area contributed by atoms with Crippen LogP contribution in [0, 0.1) is 0 Å². The van der Waals surface area contributed by atoms with Gasteiger partial charge in [0.25, 0.3) is 0 Å². The summed E-state index contributed by atoms with van der Waals surface area (Å²) in [7, 11) is 0. The highest BCUT2D eigenvalue weighted by molar-refractivity contribution is 4.47. The quantitative estimate of drug-likeness (QED) is 0.241. The summed E-state index contributed by atoms with van der Waals surface area (Å²) in [5.41, 5.74) is 0. The lowest BCUT2D eigenvalue weighted by molar-refractivity contribution is 0.125. The Morgan fingerprint density at radius 2 is 0.667 bits per heavy atom.